The molecule has 0 aliphatic rings. The summed E-state index contributed by atoms with van der Waals surface area (Å²) in [5.41, 5.74) is 2.52. The maximum atomic E-state index is 12.9. The molecular weight excluding hydrogens is 317 g/mol. The van der Waals surface area contributed by atoms with Gasteiger partial charge >= 0.3 is 0 Å². The fourth-order valence-corrected chi connectivity index (χ4v) is 2.67. The molecule has 4 nitrogen and oxygen atoms in total. The molecule has 0 bridgehead atoms. The van der Waals surface area contributed by atoms with Gasteiger partial charge in [0.25, 0.3) is 0 Å². The molecule has 2 N–H and O–H groups in total. The van der Waals surface area contributed by atoms with Crippen molar-refractivity contribution in [3.63, 3.8) is 0 Å². The molecule has 0 aliphatic heterocycles. The Labute approximate surface area is 138 Å². The van der Waals surface area contributed by atoms with E-state index in [0.717, 1.165) is 16.9 Å². The maximum absolute atomic E-state index is 12.9. The maximum Gasteiger partial charge on any atom is 0.123 e. The zero-order valence-corrected chi connectivity index (χ0v) is 13.4. The Balaban J connectivity index is 1.64. The van der Waals surface area contributed by atoms with Crippen molar-refractivity contribution in [2.45, 2.75) is 12.6 Å². The summed E-state index contributed by atoms with van der Waals surface area (Å²) in [4.78, 5) is 4.54. The van der Waals surface area contributed by atoms with Gasteiger partial charge in [-0.2, -0.15) is 0 Å². The summed E-state index contributed by atoms with van der Waals surface area (Å²) >= 11 is 5.98. The SMILES string of the molecule is Cn1c(CNCC(O)c2ccc(F)cc2)nc2cc(Cl)ccc21. The Kier molecular flexibility index (Phi) is 4.61. The van der Waals surface area contributed by atoms with Gasteiger partial charge in [-0.25, -0.2) is 9.37 Å². The van der Waals surface area contributed by atoms with Crippen molar-refractivity contribution in [2.24, 2.45) is 7.05 Å². The van der Waals surface area contributed by atoms with E-state index in [1.807, 2.05) is 29.8 Å². The van der Waals surface area contributed by atoms with Crippen molar-refractivity contribution < 1.29 is 9.50 Å². The largest absolute Gasteiger partial charge is 0.387 e. The number of aliphatic hydroxyl groups is 1. The lowest BCUT2D eigenvalue weighted by Gasteiger charge is -2.12. The van der Waals surface area contributed by atoms with Gasteiger partial charge in [0, 0.05) is 18.6 Å². The van der Waals surface area contributed by atoms with Crippen LogP contribution in [0.15, 0.2) is 42.5 Å². The van der Waals surface area contributed by atoms with Crippen LogP contribution in [0.1, 0.15) is 17.5 Å². The number of hydrogen-bond donors (Lipinski definition) is 2. The molecule has 1 heterocycles. The summed E-state index contributed by atoms with van der Waals surface area (Å²) < 4.78 is 14.9. The van der Waals surface area contributed by atoms with Crippen molar-refractivity contribution in [3.8, 4) is 0 Å². The first kappa shape index (κ1) is 15.9. The monoisotopic (exact) mass is 333 g/mol. The lowest BCUT2D eigenvalue weighted by Crippen LogP contribution is -2.22. The second kappa shape index (κ2) is 6.66. The fourth-order valence-electron chi connectivity index (χ4n) is 2.50. The quantitative estimate of drug-likeness (QED) is 0.754. The van der Waals surface area contributed by atoms with Gasteiger partial charge in [-0.05, 0) is 35.9 Å². The molecule has 0 spiro atoms. The van der Waals surface area contributed by atoms with Gasteiger partial charge in [-0.15, -0.1) is 0 Å². The molecule has 0 saturated carbocycles. The van der Waals surface area contributed by atoms with Gasteiger partial charge in [0.05, 0.1) is 23.7 Å². The number of nitrogens with zero attached hydrogens (tertiary/aromatic N) is 2. The molecule has 3 aromatic rings. The first-order valence-corrected chi connectivity index (χ1v) is 7.67. The lowest BCUT2D eigenvalue weighted by molar-refractivity contribution is 0.174. The molecule has 3 rings (SSSR count). The molecular formula is C17H17ClFN3O. The van der Waals surface area contributed by atoms with Gasteiger partial charge in [-0.1, -0.05) is 23.7 Å². The average Bonchev–Trinajstić information content (AvgIpc) is 2.83. The van der Waals surface area contributed by atoms with Crippen LogP contribution in [0.25, 0.3) is 11.0 Å². The summed E-state index contributed by atoms with van der Waals surface area (Å²) in [6.07, 6.45) is -0.695. The second-order valence-electron chi connectivity index (χ2n) is 5.42. The van der Waals surface area contributed by atoms with Crippen LogP contribution in [0.2, 0.25) is 5.02 Å². The topological polar surface area (TPSA) is 50.1 Å². The van der Waals surface area contributed by atoms with Gasteiger partial charge < -0.3 is 15.0 Å². The molecule has 0 saturated heterocycles. The number of fused-ring (bicyclic) bond motifs is 1. The third-order valence-electron chi connectivity index (χ3n) is 3.81. The number of aliphatic hydroxyl groups excluding tert-OH is 1. The molecule has 0 radical (unpaired) electrons. The van der Waals surface area contributed by atoms with E-state index in [0.29, 0.717) is 23.7 Å². The minimum Gasteiger partial charge on any atom is -0.387 e. The first-order chi connectivity index (χ1) is 11.0. The van der Waals surface area contributed by atoms with E-state index < -0.39 is 6.10 Å². The zero-order valence-electron chi connectivity index (χ0n) is 12.6. The predicted octanol–water partition coefficient (Wildman–Crippen LogP) is 3.19. The average molecular weight is 334 g/mol. The standard InChI is InChI=1S/C17H17ClFN3O/c1-22-15-7-4-12(18)8-14(15)21-17(22)10-20-9-16(23)11-2-5-13(19)6-3-11/h2-8,16,20,23H,9-10H2,1H3. The molecule has 6 heteroatoms. The number of halogens is 2. The number of imidazole rings is 1. The van der Waals surface area contributed by atoms with Crippen LogP contribution in [-0.2, 0) is 13.6 Å². The van der Waals surface area contributed by atoms with Crippen LogP contribution < -0.4 is 5.32 Å². The van der Waals surface area contributed by atoms with Crippen molar-refractivity contribution in [1.82, 2.24) is 14.9 Å². The zero-order chi connectivity index (χ0) is 16.4. The Morgan fingerprint density at radius 1 is 1.26 bits per heavy atom. The molecule has 1 atom stereocenters. The number of rotatable bonds is 5. The predicted molar refractivity (Wildman–Crippen MR) is 88.8 cm³/mol. The van der Waals surface area contributed by atoms with Crippen LogP contribution in [0, 0.1) is 5.82 Å². The van der Waals surface area contributed by atoms with E-state index in [1.54, 1.807) is 12.1 Å². The third-order valence-corrected chi connectivity index (χ3v) is 4.05. The highest BCUT2D eigenvalue weighted by Crippen LogP contribution is 2.19. The number of hydrogen-bond acceptors (Lipinski definition) is 3. The molecule has 1 aromatic heterocycles. The molecule has 120 valence electrons. The molecule has 0 fully saturated rings. The number of aryl methyl sites for hydroxylation is 1. The summed E-state index contributed by atoms with van der Waals surface area (Å²) in [6.45, 7) is 0.872. The number of nitrogens with one attached hydrogen (secondary N) is 1. The van der Waals surface area contributed by atoms with Crippen LogP contribution in [-0.4, -0.2) is 21.2 Å². The van der Waals surface area contributed by atoms with E-state index in [4.69, 9.17) is 11.6 Å². The van der Waals surface area contributed by atoms with E-state index in [2.05, 4.69) is 10.3 Å². The minimum atomic E-state index is -0.695. The molecule has 0 amide bonds. The Hall–Kier alpha value is -1.95. The first-order valence-electron chi connectivity index (χ1n) is 7.29. The Bertz CT molecular complexity index is 817. The van der Waals surface area contributed by atoms with E-state index >= 15 is 0 Å². The van der Waals surface area contributed by atoms with Crippen molar-refractivity contribution in [1.29, 1.82) is 0 Å². The summed E-state index contributed by atoms with van der Waals surface area (Å²) in [6, 6.07) is 11.4. The summed E-state index contributed by atoms with van der Waals surface area (Å²) in [7, 11) is 1.94. The van der Waals surface area contributed by atoms with Gasteiger partial charge in [0.1, 0.15) is 11.6 Å². The van der Waals surface area contributed by atoms with Crippen LogP contribution in [0.4, 0.5) is 4.39 Å². The highest BCUT2D eigenvalue weighted by Gasteiger charge is 2.10. The van der Waals surface area contributed by atoms with Crippen LogP contribution in [0.3, 0.4) is 0 Å². The molecule has 2 aromatic carbocycles. The third kappa shape index (κ3) is 3.52. The molecule has 1 unspecified atom stereocenters. The molecule has 23 heavy (non-hydrogen) atoms. The lowest BCUT2D eigenvalue weighted by atomic mass is 10.1. The van der Waals surface area contributed by atoms with E-state index in [9.17, 15) is 9.50 Å². The second-order valence-corrected chi connectivity index (χ2v) is 5.85. The van der Waals surface area contributed by atoms with Crippen LogP contribution in [0.5, 0.6) is 0 Å². The number of aromatic nitrogens is 2. The Morgan fingerprint density at radius 2 is 2.00 bits per heavy atom. The van der Waals surface area contributed by atoms with Gasteiger partial charge in [-0.3, -0.25) is 0 Å². The fraction of sp³-hybridized carbons (Fsp3) is 0.235. The smallest absolute Gasteiger partial charge is 0.123 e. The Morgan fingerprint density at radius 3 is 2.74 bits per heavy atom. The van der Waals surface area contributed by atoms with Crippen molar-refractivity contribution in [2.75, 3.05) is 6.54 Å². The summed E-state index contributed by atoms with van der Waals surface area (Å²) in [5, 5.41) is 13.9. The van der Waals surface area contributed by atoms with Crippen molar-refractivity contribution >= 4 is 22.6 Å². The summed E-state index contributed by atoms with van der Waals surface area (Å²) in [5.74, 6) is 0.542. The van der Waals surface area contributed by atoms with Gasteiger partial charge in [0.15, 0.2) is 0 Å². The number of benzene rings is 2. The normalized spacial score (nSPS) is 12.7. The van der Waals surface area contributed by atoms with Crippen molar-refractivity contribution in [3.05, 3.63) is 64.7 Å². The van der Waals surface area contributed by atoms with Crippen LogP contribution >= 0.6 is 11.6 Å². The minimum absolute atomic E-state index is 0.313. The van der Waals surface area contributed by atoms with Gasteiger partial charge in [0.2, 0.25) is 0 Å². The van der Waals surface area contributed by atoms with E-state index in [-0.39, 0.29) is 5.82 Å². The highest BCUT2D eigenvalue weighted by molar-refractivity contribution is 6.31. The molecule has 0 aliphatic carbocycles. The van der Waals surface area contributed by atoms with E-state index in [1.165, 1.54) is 12.1 Å². The highest BCUT2D eigenvalue weighted by atomic mass is 35.5.